The summed E-state index contributed by atoms with van der Waals surface area (Å²) in [5, 5.41) is 20.1. The number of hydrogen-bond acceptors (Lipinski definition) is 5. The number of hydrogen-bond donors (Lipinski definition) is 1. The second-order valence-corrected chi connectivity index (χ2v) is 5.13. The maximum Gasteiger partial charge on any atom is 0.335 e. The number of rotatable bonds is 5. The standard InChI is InChI=1S/C14H18N2O5/c1-15(9-11-4-2-3-7-21-11)13-8-10(14(17)18)5-6-12(13)16(19)20/h5-6,8,11H,2-4,7,9H2,1H3,(H,17,18). The Morgan fingerprint density at radius 3 is 2.86 bits per heavy atom. The summed E-state index contributed by atoms with van der Waals surface area (Å²) in [6.45, 7) is 1.21. The van der Waals surface area contributed by atoms with E-state index in [1.165, 1.54) is 18.2 Å². The highest BCUT2D eigenvalue weighted by Gasteiger charge is 2.23. The molecule has 0 radical (unpaired) electrons. The molecule has 7 nitrogen and oxygen atoms in total. The van der Waals surface area contributed by atoms with E-state index in [0.717, 1.165) is 19.3 Å². The number of aromatic carboxylic acids is 1. The molecule has 0 bridgehead atoms. The van der Waals surface area contributed by atoms with Crippen LogP contribution in [-0.4, -0.2) is 42.3 Å². The number of carboxylic acid groups (broad SMARTS) is 1. The van der Waals surface area contributed by atoms with Gasteiger partial charge in [0.2, 0.25) is 0 Å². The number of carbonyl (C=O) groups is 1. The lowest BCUT2D eigenvalue weighted by molar-refractivity contribution is -0.384. The molecule has 1 N–H and O–H groups in total. The Morgan fingerprint density at radius 1 is 1.52 bits per heavy atom. The third-order valence-electron chi connectivity index (χ3n) is 3.58. The number of nitrogens with zero attached hydrogens (tertiary/aromatic N) is 2. The second kappa shape index (κ2) is 6.53. The molecule has 1 aliphatic rings. The molecule has 2 rings (SSSR count). The predicted octanol–water partition coefficient (Wildman–Crippen LogP) is 2.30. The lowest BCUT2D eigenvalue weighted by Crippen LogP contribution is -2.33. The molecule has 1 aliphatic heterocycles. The molecule has 1 saturated heterocycles. The fourth-order valence-corrected chi connectivity index (χ4v) is 2.47. The van der Waals surface area contributed by atoms with Gasteiger partial charge in [-0.1, -0.05) is 0 Å². The summed E-state index contributed by atoms with van der Waals surface area (Å²) in [5.74, 6) is -1.10. The minimum Gasteiger partial charge on any atom is -0.478 e. The lowest BCUT2D eigenvalue weighted by Gasteiger charge is -2.28. The van der Waals surface area contributed by atoms with E-state index in [1.54, 1.807) is 11.9 Å². The number of nitro benzene ring substituents is 1. The summed E-state index contributed by atoms with van der Waals surface area (Å²) in [7, 11) is 1.71. The molecule has 0 aromatic heterocycles. The molecule has 7 heteroatoms. The third kappa shape index (κ3) is 3.69. The van der Waals surface area contributed by atoms with Gasteiger partial charge in [0.1, 0.15) is 5.69 Å². The maximum absolute atomic E-state index is 11.1. The van der Waals surface area contributed by atoms with Crippen molar-refractivity contribution in [2.75, 3.05) is 25.1 Å². The van der Waals surface area contributed by atoms with Crippen LogP contribution < -0.4 is 4.90 Å². The summed E-state index contributed by atoms with van der Waals surface area (Å²) in [6.07, 6.45) is 3.05. The molecule has 0 amide bonds. The van der Waals surface area contributed by atoms with Crippen LogP contribution in [0.4, 0.5) is 11.4 Å². The van der Waals surface area contributed by atoms with Gasteiger partial charge in [-0.05, 0) is 31.4 Å². The average molecular weight is 294 g/mol. The largest absolute Gasteiger partial charge is 0.478 e. The molecular formula is C14H18N2O5. The van der Waals surface area contributed by atoms with Gasteiger partial charge in [-0.2, -0.15) is 0 Å². The molecule has 114 valence electrons. The quantitative estimate of drug-likeness (QED) is 0.661. The van der Waals surface area contributed by atoms with E-state index in [-0.39, 0.29) is 17.4 Å². The van der Waals surface area contributed by atoms with Crippen molar-refractivity contribution in [1.29, 1.82) is 0 Å². The van der Waals surface area contributed by atoms with Crippen molar-refractivity contribution in [3.05, 3.63) is 33.9 Å². The van der Waals surface area contributed by atoms with Gasteiger partial charge in [-0.15, -0.1) is 0 Å². The summed E-state index contributed by atoms with van der Waals surface area (Å²) >= 11 is 0. The fraction of sp³-hybridized carbons (Fsp3) is 0.500. The Kier molecular flexibility index (Phi) is 4.74. The Hall–Kier alpha value is -2.15. The van der Waals surface area contributed by atoms with E-state index in [2.05, 4.69) is 0 Å². The highest BCUT2D eigenvalue weighted by molar-refractivity contribution is 5.90. The first-order valence-electron chi connectivity index (χ1n) is 6.83. The number of nitro groups is 1. The van der Waals surface area contributed by atoms with Gasteiger partial charge < -0.3 is 14.7 Å². The number of ether oxygens (including phenoxy) is 1. The molecule has 0 saturated carbocycles. The van der Waals surface area contributed by atoms with E-state index in [1.807, 2.05) is 0 Å². The maximum atomic E-state index is 11.1. The van der Waals surface area contributed by atoms with Crippen LogP contribution in [0.2, 0.25) is 0 Å². The van der Waals surface area contributed by atoms with Gasteiger partial charge in [-0.25, -0.2) is 4.79 Å². The van der Waals surface area contributed by atoms with Crippen molar-refractivity contribution in [3.8, 4) is 0 Å². The molecule has 1 unspecified atom stereocenters. The lowest BCUT2D eigenvalue weighted by atomic mass is 10.1. The van der Waals surface area contributed by atoms with Crippen molar-refractivity contribution in [2.24, 2.45) is 0 Å². The van der Waals surface area contributed by atoms with Gasteiger partial charge in [0.05, 0.1) is 16.6 Å². The third-order valence-corrected chi connectivity index (χ3v) is 3.58. The van der Waals surface area contributed by atoms with Crippen molar-refractivity contribution < 1.29 is 19.6 Å². The molecule has 1 aromatic rings. The Bertz CT molecular complexity index is 540. The van der Waals surface area contributed by atoms with Gasteiger partial charge in [0, 0.05) is 26.3 Å². The van der Waals surface area contributed by atoms with Gasteiger partial charge in [0.25, 0.3) is 5.69 Å². The van der Waals surface area contributed by atoms with Gasteiger partial charge in [0.15, 0.2) is 0 Å². The highest BCUT2D eigenvalue weighted by atomic mass is 16.6. The van der Waals surface area contributed by atoms with Crippen LogP contribution in [0.5, 0.6) is 0 Å². The summed E-state index contributed by atoms with van der Waals surface area (Å²) in [4.78, 5) is 23.3. The van der Waals surface area contributed by atoms with E-state index >= 15 is 0 Å². The van der Waals surface area contributed by atoms with Crippen LogP contribution in [0.1, 0.15) is 29.6 Å². The second-order valence-electron chi connectivity index (χ2n) is 5.13. The van der Waals surface area contributed by atoms with Crippen molar-refractivity contribution in [3.63, 3.8) is 0 Å². The average Bonchev–Trinajstić information content (AvgIpc) is 2.47. The highest BCUT2D eigenvalue weighted by Crippen LogP contribution is 2.29. The molecule has 21 heavy (non-hydrogen) atoms. The number of benzene rings is 1. The summed E-state index contributed by atoms with van der Waals surface area (Å²) in [6, 6.07) is 3.81. The zero-order chi connectivity index (χ0) is 15.4. The zero-order valence-corrected chi connectivity index (χ0v) is 11.8. The SMILES string of the molecule is CN(CC1CCCCO1)c1cc(C(=O)O)ccc1[N+](=O)[O-]. The first-order chi connectivity index (χ1) is 9.99. The predicted molar refractivity (Wildman–Crippen MR) is 76.9 cm³/mol. The molecule has 1 fully saturated rings. The zero-order valence-electron chi connectivity index (χ0n) is 11.8. The number of anilines is 1. The first-order valence-corrected chi connectivity index (χ1v) is 6.83. The van der Waals surface area contributed by atoms with E-state index in [4.69, 9.17) is 9.84 Å². The Balaban J connectivity index is 2.23. The molecule has 1 aromatic carbocycles. The van der Waals surface area contributed by atoms with Gasteiger partial charge >= 0.3 is 5.97 Å². The van der Waals surface area contributed by atoms with E-state index in [0.29, 0.717) is 18.8 Å². The Morgan fingerprint density at radius 2 is 2.29 bits per heavy atom. The number of carboxylic acids is 1. The fourth-order valence-electron chi connectivity index (χ4n) is 2.47. The first kappa shape index (κ1) is 15.2. The van der Waals surface area contributed by atoms with Crippen molar-refractivity contribution in [2.45, 2.75) is 25.4 Å². The topological polar surface area (TPSA) is 92.9 Å². The summed E-state index contributed by atoms with van der Waals surface area (Å²) in [5.41, 5.74) is 0.236. The van der Waals surface area contributed by atoms with Crippen LogP contribution in [0.25, 0.3) is 0 Å². The minimum atomic E-state index is -1.10. The molecule has 1 atom stereocenters. The van der Waals surface area contributed by atoms with Crippen molar-refractivity contribution >= 4 is 17.3 Å². The molecule has 0 aliphatic carbocycles. The minimum absolute atomic E-state index is 0.0249. The van der Waals surface area contributed by atoms with Crippen LogP contribution in [-0.2, 0) is 4.74 Å². The molecule has 1 heterocycles. The molecular weight excluding hydrogens is 276 g/mol. The normalized spacial score (nSPS) is 18.2. The monoisotopic (exact) mass is 294 g/mol. The van der Waals surface area contributed by atoms with E-state index in [9.17, 15) is 14.9 Å². The smallest absolute Gasteiger partial charge is 0.335 e. The van der Waals surface area contributed by atoms with Crippen LogP contribution in [0.3, 0.4) is 0 Å². The molecule has 0 spiro atoms. The van der Waals surface area contributed by atoms with E-state index < -0.39 is 10.9 Å². The Labute approximate surface area is 122 Å². The van der Waals surface area contributed by atoms with Crippen LogP contribution >= 0.6 is 0 Å². The number of likely N-dealkylation sites (N-methyl/N-ethyl adjacent to an activating group) is 1. The van der Waals surface area contributed by atoms with Crippen molar-refractivity contribution in [1.82, 2.24) is 0 Å². The van der Waals surface area contributed by atoms with Crippen LogP contribution in [0, 0.1) is 10.1 Å². The van der Waals surface area contributed by atoms with Gasteiger partial charge in [-0.3, -0.25) is 10.1 Å². The van der Waals surface area contributed by atoms with Crippen LogP contribution in [0.15, 0.2) is 18.2 Å². The summed E-state index contributed by atoms with van der Waals surface area (Å²) < 4.78 is 5.62.